The van der Waals surface area contributed by atoms with Crippen LogP contribution in [0.3, 0.4) is 0 Å². The number of hydrogen-bond acceptors (Lipinski definition) is 4. The molecule has 1 aromatic carbocycles. The van der Waals surface area contributed by atoms with Crippen molar-refractivity contribution in [3.8, 4) is 5.75 Å². The Labute approximate surface area is 88.3 Å². The second kappa shape index (κ2) is 3.36. The number of halogens is 1. The molecule has 1 aromatic heterocycles. The highest BCUT2D eigenvalue weighted by molar-refractivity contribution is 6.36. The van der Waals surface area contributed by atoms with Gasteiger partial charge in [0.05, 0.1) is 15.9 Å². The van der Waals surface area contributed by atoms with Crippen molar-refractivity contribution in [1.29, 1.82) is 0 Å². The summed E-state index contributed by atoms with van der Waals surface area (Å²) in [5.41, 5.74) is -0.940. The Morgan fingerprint density at radius 1 is 1.40 bits per heavy atom. The number of aromatic hydroxyl groups is 1. The van der Waals surface area contributed by atoms with Gasteiger partial charge in [-0.1, -0.05) is 17.7 Å². The number of hydrogen-bond donors (Lipinski definition) is 2. The van der Waals surface area contributed by atoms with Gasteiger partial charge in [0, 0.05) is 0 Å². The predicted molar refractivity (Wildman–Crippen MR) is 56.7 cm³/mol. The maximum atomic E-state index is 11.2. The van der Waals surface area contributed by atoms with Crippen molar-refractivity contribution in [3.63, 3.8) is 0 Å². The van der Waals surface area contributed by atoms with E-state index < -0.39 is 17.0 Å². The molecule has 1 heterocycles. The molecule has 0 spiro atoms. The Bertz CT molecular complexity index is 606. The summed E-state index contributed by atoms with van der Waals surface area (Å²) in [5.74, 6) is -0.491. The molecular weight excluding hydrogens is 220 g/mol. The number of fused-ring (bicyclic) bond motifs is 1. The first kappa shape index (κ1) is 9.67. The number of pyridine rings is 1. The van der Waals surface area contributed by atoms with E-state index in [1.54, 1.807) is 12.1 Å². The van der Waals surface area contributed by atoms with Crippen molar-refractivity contribution in [2.75, 3.05) is 0 Å². The lowest BCUT2D eigenvalue weighted by Gasteiger charge is -2.03. The summed E-state index contributed by atoms with van der Waals surface area (Å²) in [5, 5.41) is 12.5. The SMILES string of the molecule is O=Nc1c(O)c2c(Cl)cccc2[nH]c1=O. The quantitative estimate of drug-likeness (QED) is 0.729. The van der Waals surface area contributed by atoms with Crippen LogP contribution in [0.2, 0.25) is 5.02 Å². The van der Waals surface area contributed by atoms with E-state index in [1.165, 1.54) is 6.07 Å². The molecule has 0 radical (unpaired) electrons. The van der Waals surface area contributed by atoms with Crippen LogP contribution in [0.15, 0.2) is 28.2 Å². The number of rotatable bonds is 1. The average molecular weight is 225 g/mol. The molecule has 0 atom stereocenters. The van der Waals surface area contributed by atoms with Gasteiger partial charge < -0.3 is 10.1 Å². The van der Waals surface area contributed by atoms with Gasteiger partial charge in [-0.15, -0.1) is 4.91 Å². The number of benzene rings is 1. The number of nitroso groups, excluding NO2 is 1. The molecule has 2 aromatic rings. The van der Waals surface area contributed by atoms with Gasteiger partial charge in [0.2, 0.25) is 5.69 Å². The molecule has 0 aliphatic heterocycles. The fourth-order valence-corrected chi connectivity index (χ4v) is 1.63. The average Bonchev–Trinajstić information content (AvgIpc) is 2.17. The van der Waals surface area contributed by atoms with E-state index in [0.29, 0.717) is 5.52 Å². The van der Waals surface area contributed by atoms with Crippen LogP contribution in [0, 0.1) is 4.91 Å². The minimum Gasteiger partial charge on any atom is -0.505 e. The lowest BCUT2D eigenvalue weighted by Crippen LogP contribution is -2.05. The lowest BCUT2D eigenvalue weighted by molar-refractivity contribution is 0.482. The zero-order chi connectivity index (χ0) is 11.0. The molecular formula is C9H5ClN2O3. The molecule has 2 N–H and O–H groups in total. The Balaban J connectivity index is 3.05. The van der Waals surface area contributed by atoms with Crippen LogP contribution in [-0.4, -0.2) is 10.1 Å². The third-order valence-corrected chi connectivity index (χ3v) is 2.34. The molecule has 0 saturated heterocycles. The monoisotopic (exact) mass is 224 g/mol. The zero-order valence-electron chi connectivity index (χ0n) is 7.32. The van der Waals surface area contributed by atoms with E-state index in [-0.39, 0.29) is 10.4 Å². The lowest BCUT2D eigenvalue weighted by atomic mass is 10.2. The van der Waals surface area contributed by atoms with E-state index in [4.69, 9.17) is 11.6 Å². The van der Waals surface area contributed by atoms with E-state index in [1.807, 2.05) is 0 Å². The summed E-state index contributed by atoms with van der Waals surface area (Å²) in [7, 11) is 0. The highest BCUT2D eigenvalue weighted by atomic mass is 35.5. The Morgan fingerprint density at radius 2 is 2.13 bits per heavy atom. The van der Waals surface area contributed by atoms with Gasteiger partial charge in [-0.2, -0.15) is 0 Å². The summed E-state index contributed by atoms with van der Waals surface area (Å²) in [6.07, 6.45) is 0. The number of aromatic nitrogens is 1. The number of nitrogens with zero attached hydrogens (tertiary/aromatic N) is 1. The first-order chi connectivity index (χ1) is 7.15. The maximum Gasteiger partial charge on any atom is 0.281 e. The molecule has 2 rings (SSSR count). The molecule has 0 bridgehead atoms. The second-order valence-corrected chi connectivity index (χ2v) is 3.31. The minimum atomic E-state index is -0.739. The van der Waals surface area contributed by atoms with E-state index in [9.17, 15) is 14.8 Å². The van der Waals surface area contributed by atoms with E-state index in [2.05, 4.69) is 10.2 Å². The van der Waals surface area contributed by atoms with Gasteiger partial charge in [0.1, 0.15) is 0 Å². The molecule has 15 heavy (non-hydrogen) atoms. The number of aromatic amines is 1. The van der Waals surface area contributed by atoms with Gasteiger partial charge in [-0.3, -0.25) is 4.79 Å². The highest BCUT2D eigenvalue weighted by Gasteiger charge is 2.14. The van der Waals surface area contributed by atoms with Gasteiger partial charge >= 0.3 is 0 Å². The molecule has 5 nitrogen and oxygen atoms in total. The fraction of sp³-hybridized carbons (Fsp3) is 0. The minimum absolute atomic E-state index is 0.216. The summed E-state index contributed by atoms with van der Waals surface area (Å²) >= 11 is 5.82. The summed E-state index contributed by atoms with van der Waals surface area (Å²) in [6.45, 7) is 0. The Morgan fingerprint density at radius 3 is 2.80 bits per heavy atom. The van der Waals surface area contributed by atoms with Crippen LogP contribution in [0.1, 0.15) is 0 Å². The van der Waals surface area contributed by atoms with Crippen molar-refractivity contribution >= 4 is 28.2 Å². The molecule has 0 aliphatic rings. The number of nitrogens with one attached hydrogen (secondary N) is 1. The van der Waals surface area contributed by atoms with Crippen LogP contribution in [0.5, 0.6) is 5.75 Å². The van der Waals surface area contributed by atoms with E-state index in [0.717, 1.165) is 0 Å². The molecule has 0 saturated carbocycles. The first-order valence-corrected chi connectivity index (χ1v) is 4.39. The summed E-state index contributed by atoms with van der Waals surface area (Å²) < 4.78 is 0. The normalized spacial score (nSPS) is 10.5. The van der Waals surface area contributed by atoms with Crippen molar-refractivity contribution in [2.24, 2.45) is 5.18 Å². The smallest absolute Gasteiger partial charge is 0.281 e. The van der Waals surface area contributed by atoms with Crippen LogP contribution in [0.4, 0.5) is 5.69 Å². The van der Waals surface area contributed by atoms with Crippen molar-refractivity contribution < 1.29 is 5.11 Å². The predicted octanol–water partition coefficient (Wildman–Crippen LogP) is 2.29. The molecule has 0 unspecified atom stereocenters. The second-order valence-electron chi connectivity index (χ2n) is 2.91. The van der Waals surface area contributed by atoms with E-state index >= 15 is 0 Å². The van der Waals surface area contributed by atoms with Crippen molar-refractivity contribution in [3.05, 3.63) is 38.5 Å². The van der Waals surface area contributed by atoms with Gasteiger partial charge in [-0.25, -0.2) is 0 Å². The van der Waals surface area contributed by atoms with Crippen LogP contribution < -0.4 is 5.56 Å². The third kappa shape index (κ3) is 1.37. The standard InChI is InChI=1S/C9H5ClN2O3/c10-4-2-1-3-5-6(4)8(13)7(12-15)9(14)11-5/h1-3H,(H2,11,13,14). The third-order valence-electron chi connectivity index (χ3n) is 2.03. The summed E-state index contributed by atoms with van der Waals surface area (Å²) in [4.78, 5) is 24.0. The topological polar surface area (TPSA) is 82.5 Å². The van der Waals surface area contributed by atoms with Crippen LogP contribution in [0.25, 0.3) is 10.9 Å². The van der Waals surface area contributed by atoms with Crippen molar-refractivity contribution in [1.82, 2.24) is 4.98 Å². The van der Waals surface area contributed by atoms with Crippen LogP contribution >= 0.6 is 11.6 Å². The summed E-state index contributed by atoms with van der Waals surface area (Å²) in [6, 6.07) is 4.72. The molecule has 76 valence electrons. The molecule has 6 heteroatoms. The highest BCUT2D eigenvalue weighted by Crippen LogP contribution is 2.34. The van der Waals surface area contributed by atoms with Gasteiger partial charge in [-0.05, 0) is 17.3 Å². The van der Waals surface area contributed by atoms with Crippen molar-refractivity contribution in [2.45, 2.75) is 0 Å². The molecule has 0 fully saturated rings. The Kier molecular flexibility index (Phi) is 2.17. The number of H-pyrrole nitrogens is 1. The largest absolute Gasteiger partial charge is 0.505 e. The van der Waals surface area contributed by atoms with Gasteiger partial charge in [0.25, 0.3) is 5.56 Å². The fourth-order valence-electron chi connectivity index (χ4n) is 1.36. The van der Waals surface area contributed by atoms with Crippen LogP contribution in [-0.2, 0) is 0 Å². The molecule has 0 amide bonds. The first-order valence-electron chi connectivity index (χ1n) is 4.02. The zero-order valence-corrected chi connectivity index (χ0v) is 8.08. The molecule has 0 aliphatic carbocycles. The Hall–Kier alpha value is -1.88. The maximum absolute atomic E-state index is 11.2. The van der Waals surface area contributed by atoms with Gasteiger partial charge in [0.15, 0.2) is 5.75 Å².